The van der Waals surface area contributed by atoms with Crippen molar-refractivity contribution in [3.05, 3.63) is 67.0 Å². The number of H-pyrrole nitrogens is 1. The van der Waals surface area contributed by atoms with Crippen LogP contribution in [-0.4, -0.2) is 53.1 Å². The number of rotatable bonds is 3. The van der Waals surface area contributed by atoms with Crippen molar-refractivity contribution >= 4 is 16.7 Å². The van der Waals surface area contributed by atoms with Gasteiger partial charge in [0.05, 0.1) is 0 Å². The average molecular weight is 387 g/mol. The highest BCUT2D eigenvalue weighted by molar-refractivity contribution is 6.01. The largest absolute Gasteiger partial charge is 0.369 e. The van der Waals surface area contributed by atoms with Crippen molar-refractivity contribution in [2.24, 2.45) is 0 Å². The number of likely N-dealkylation sites (N-methyl/N-ethyl adjacent to an activating group) is 1. The molecule has 1 N–H and O–H groups in total. The summed E-state index contributed by atoms with van der Waals surface area (Å²) in [4.78, 5) is 16.2. The lowest BCUT2D eigenvalue weighted by Crippen LogP contribution is -2.44. The number of piperazine rings is 1. The molecule has 0 saturated carbocycles. The first-order chi connectivity index (χ1) is 14.2. The van der Waals surface area contributed by atoms with Crippen LogP contribution in [0.3, 0.4) is 0 Å². The maximum absolute atomic E-state index is 13.8. The molecule has 1 saturated heterocycles. The van der Waals surface area contributed by atoms with Gasteiger partial charge < -0.3 is 14.8 Å². The number of benzene rings is 1. The SMILES string of the molecule is CN1CCN(c2ccc(-c3c(-c4ccnc(F)c4)cnc4[nH]ccc34)cc2)CC1. The predicted molar refractivity (Wildman–Crippen MR) is 114 cm³/mol. The van der Waals surface area contributed by atoms with E-state index >= 15 is 0 Å². The lowest BCUT2D eigenvalue weighted by molar-refractivity contribution is 0.313. The van der Waals surface area contributed by atoms with E-state index in [-0.39, 0.29) is 0 Å². The van der Waals surface area contributed by atoms with E-state index in [0.717, 1.165) is 59.5 Å². The Kier molecular flexibility index (Phi) is 4.48. The molecule has 1 fully saturated rings. The fourth-order valence-electron chi connectivity index (χ4n) is 4.01. The zero-order valence-electron chi connectivity index (χ0n) is 16.3. The first kappa shape index (κ1) is 17.8. The molecule has 0 spiro atoms. The van der Waals surface area contributed by atoms with Crippen LogP contribution in [0.15, 0.2) is 61.1 Å². The van der Waals surface area contributed by atoms with E-state index in [9.17, 15) is 4.39 Å². The van der Waals surface area contributed by atoms with Crippen LogP contribution in [0.5, 0.6) is 0 Å². The molecule has 1 aliphatic heterocycles. The van der Waals surface area contributed by atoms with Gasteiger partial charge in [-0.15, -0.1) is 0 Å². The maximum atomic E-state index is 13.8. The first-order valence-corrected chi connectivity index (χ1v) is 9.81. The Morgan fingerprint density at radius 3 is 2.48 bits per heavy atom. The molecule has 0 bridgehead atoms. The summed E-state index contributed by atoms with van der Waals surface area (Å²) in [5, 5.41) is 1.02. The summed E-state index contributed by atoms with van der Waals surface area (Å²) in [5.41, 5.74) is 5.85. The van der Waals surface area contributed by atoms with Gasteiger partial charge in [-0.05, 0) is 42.4 Å². The van der Waals surface area contributed by atoms with Gasteiger partial charge in [0.25, 0.3) is 0 Å². The molecule has 0 amide bonds. The number of anilines is 1. The molecule has 6 heteroatoms. The van der Waals surface area contributed by atoms with Gasteiger partial charge in [-0.3, -0.25) is 0 Å². The normalized spacial score (nSPS) is 15.2. The van der Waals surface area contributed by atoms with Crippen LogP contribution in [0.4, 0.5) is 10.1 Å². The summed E-state index contributed by atoms with van der Waals surface area (Å²) in [6.07, 6.45) is 5.18. The number of hydrogen-bond donors (Lipinski definition) is 1. The zero-order valence-corrected chi connectivity index (χ0v) is 16.3. The molecule has 5 rings (SSSR count). The fraction of sp³-hybridized carbons (Fsp3) is 0.217. The number of pyridine rings is 2. The van der Waals surface area contributed by atoms with Gasteiger partial charge in [0.1, 0.15) is 5.65 Å². The van der Waals surface area contributed by atoms with Crippen LogP contribution in [0, 0.1) is 5.95 Å². The summed E-state index contributed by atoms with van der Waals surface area (Å²) in [6, 6.07) is 13.9. The van der Waals surface area contributed by atoms with Crippen molar-refractivity contribution in [3.8, 4) is 22.3 Å². The van der Waals surface area contributed by atoms with Gasteiger partial charge in [-0.25, -0.2) is 9.97 Å². The second-order valence-corrected chi connectivity index (χ2v) is 7.49. The molecule has 1 aromatic carbocycles. The smallest absolute Gasteiger partial charge is 0.213 e. The van der Waals surface area contributed by atoms with Crippen molar-refractivity contribution in [2.45, 2.75) is 0 Å². The second-order valence-electron chi connectivity index (χ2n) is 7.49. The highest BCUT2D eigenvalue weighted by Gasteiger charge is 2.17. The quantitative estimate of drug-likeness (QED) is 0.536. The Balaban J connectivity index is 1.59. The minimum absolute atomic E-state index is 0.493. The van der Waals surface area contributed by atoms with Crippen LogP contribution in [-0.2, 0) is 0 Å². The number of hydrogen-bond acceptors (Lipinski definition) is 4. The molecule has 5 nitrogen and oxygen atoms in total. The van der Waals surface area contributed by atoms with Crippen LogP contribution in [0.25, 0.3) is 33.3 Å². The van der Waals surface area contributed by atoms with Gasteiger partial charge in [0.2, 0.25) is 5.95 Å². The summed E-state index contributed by atoms with van der Waals surface area (Å²) < 4.78 is 13.8. The third kappa shape index (κ3) is 3.36. The molecule has 3 aromatic heterocycles. The first-order valence-electron chi connectivity index (χ1n) is 9.81. The fourth-order valence-corrected chi connectivity index (χ4v) is 4.01. The lowest BCUT2D eigenvalue weighted by atomic mass is 9.94. The highest BCUT2D eigenvalue weighted by Crippen LogP contribution is 2.37. The Morgan fingerprint density at radius 2 is 1.72 bits per heavy atom. The summed E-state index contributed by atoms with van der Waals surface area (Å²) in [6.45, 7) is 4.23. The van der Waals surface area contributed by atoms with E-state index in [2.05, 4.69) is 56.1 Å². The number of aromatic nitrogens is 3. The van der Waals surface area contributed by atoms with E-state index < -0.39 is 5.95 Å². The molecule has 1 aliphatic rings. The van der Waals surface area contributed by atoms with E-state index in [4.69, 9.17) is 0 Å². The molecular formula is C23H22FN5. The van der Waals surface area contributed by atoms with Crippen LogP contribution < -0.4 is 4.90 Å². The Hall–Kier alpha value is -3.25. The summed E-state index contributed by atoms with van der Waals surface area (Å²) >= 11 is 0. The Morgan fingerprint density at radius 1 is 0.931 bits per heavy atom. The van der Waals surface area contributed by atoms with E-state index in [1.807, 2.05) is 18.3 Å². The third-order valence-electron chi connectivity index (χ3n) is 5.65. The van der Waals surface area contributed by atoms with Crippen molar-refractivity contribution in [2.75, 3.05) is 38.1 Å². The van der Waals surface area contributed by atoms with Crippen LogP contribution in [0.2, 0.25) is 0 Å². The number of nitrogens with zero attached hydrogens (tertiary/aromatic N) is 4. The zero-order chi connectivity index (χ0) is 19.8. The average Bonchev–Trinajstić information content (AvgIpc) is 3.23. The predicted octanol–water partition coefficient (Wildman–Crippen LogP) is 4.18. The second kappa shape index (κ2) is 7.29. The molecule has 0 atom stereocenters. The maximum Gasteiger partial charge on any atom is 0.213 e. The van der Waals surface area contributed by atoms with Gasteiger partial charge in [-0.1, -0.05) is 12.1 Å². The molecular weight excluding hydrogens is 365 g/mol. The van der Waals surface area contributed by atoms with Gasteiger partial charge in [0.15, 0.2) is 0 Å². The number of nitrogens with one attached hydrogen (secondary N) is 1. The summed E-state index contributed by atoms with van der Waals surface area (Å²) in [7, 11) is 2.16. The number of aromatic amines is 1. The monoisotopic (exact) mass is 387 g/mol. The number of halogens is 1. The third-order valence-corrected chi connectivity index (χ3v) is 5.65. The molecule has 4 heterocycles. The molecule has 4 aromatic rings. The molecule has 29 heavy (non-hydrogen) atoms. The molecule has 0 radical (unpaired) electrons. The van der Waals surface area contributed by atoms with Crippen molar-refractivity contribution < 1.29 is 4.39 Å². The van der Waals surface area contributed by atoms with Gasteiger partial charge in [0, 0.05) is 73.0 Å². The summed E-state index contributed by atoms with van der Waals surface area (Å²) in [5.74, 6) is -0.493. The van der Waals surface area contributed by atoms with Crippen LogP contribution >= 0.6 is 0 Å². The van der Waals surface area contributed by atoms with E-state index in [1.54, 1.807) is 6.20 Å². The van der Waals surface area contributed by atoms with Crippen molar-refractivity contribution in [1.82, 2.24) is 19.9 Å². The van der Waals surface area contributed by atoms with Crippen LogP contribution in [0.1, 0.15) is 0 Å². The van der Waals surface area contributed by atoms with E-state index in [1.165, 1.54) is 18.0 Å². The van der Waals surface area contributed by atoms with Gasteiger partial charge in [-0.2, -0.15) is 4.39 Å². The van der Waals surface area contributed by atoms with E-state index in [0.29, 0.717) is 0 Å². The standard InChI is InChI=1S/C23H22FN5/c1-28-10-12-29(13-11-28)18-4-2-16(3-5-18)22-19-7-9-26-23(19)27-15-20(22)17-6-8-25-21(24)14-17/h2-9,14-15H,10-13H2,1H3,(H,26,27). The lowest BCUT2D eigenvalue weighted by Gasteiger charge is -2.34. The minimum atomic E-state index is -0.493. The number of fused-ring (bicyclic) bond motifs is 1. The molecule has 0 aliphatic carbocycles. The van der Waals surface area contributed by atoms with Crippen molar-refractivity contribution in [3.63, 3.8) is 0 Å². The highest BCUT2D eigenvalue weighted by atomic mass is 19.1. The van der Waals surface area contributed by atoms with Crippen molar-refractivity contribution in [1.29, 1.82) is 0 Å². The minimum Gasteiger partial charge on any atom is -0.369 e. The Bertz CT molecular complexity index is 1140. The molecule has 0 unspecified atom stereocenters. The topological polar surface area (TPSA) is 48.1 Å². The van der Waals surface area contributed by atoms with Gasteiger partial charge >= 0.3 is 0 Å². The molecule has 146 valence electrons. The Labute approximate surface area is 168 Å².